The minimum Gasteiger partial charge on any atom is -0.472 e. The second kappa shape index (κ2) is 5.31. The van der Waals surface area contributed by atoms with Crippen molar-refractivity contribution in [2.75, 3.05) is 13.1 Å². The average molecular weight is 290 g/mol. The van der Waals surface area contributed by atoms with Gasteiger partial charge in [-0.05, 0) is 31.4 Å². The Morgan fingerprint density at radius 3 is 3.25 bits per heavy atom. The summed E-state index contributed by atoms with van der Waals surface area (Å²) < 4.78 is 11.4. The molecule has 0 saturated carbocycles. The van der Waals surface area contributed by atoms with Gasteiger partial charge in [0.1, 0.15) is 11.1 Å². The summed E-state index contributed by atoms with van der Waals surface area (Å²) in [6.45, 7) is 3.14. The fourth-order valence-electron chi connectivity index (χ4n) is 3.33. The van der Waals surface area contributed by atoms with E-state index < -0.39 is 0 Å². The number of ether oxygens (including phenoxy) is 1. The fourth-order valence-corrected chi connectivity index (χ4v) is 4.02. The van der Waals surface area contributed by atoms with Gasteiger partial charge in [0.15, 0.2) is 0 Å². The molecule has 0 bridgehead atoms. The van der Waals surface area contributed by atoms with Crippen LogP contribution in [-0.2, 0) is 11.3 Å². The Morgan fingerprint density at radius 2 is 2.45 bits per heavy atom. The zero-order valence-electron chi connectivity index (χ0n) is 11.3. The lowest BCUT2D eigenvalue weighted by atomic mass is 9.92. The molecule has 0 aliphatic carbocycles. The Labute approximate surface area is 122 Å². The van der Waals surface area contributed by atoms with Gasteiger partial charge in [-0.1, -0.05) is 0 Å². The monoisotopic (exact) mass is 290 g/mol. The second-order valence-corrected chi connectivity index (χ2v) is 6.61. The first-order valence-electron chi connectivity index (χ1n) is 7.17. The number of thiazole rings is 1. The molecule has 2 aliphatic heterocycles. The standard InChI is InChI=1S/C15H18N2O2S/c1-4-17(8-11-2-5-18-10-11)9-14-12(1)7-13(19-14)15-16-3-6-20-15/h2-3,5-6,10,12-14H,1,4,7-9H2/t12-,13+,14+/m0/s1. The third kappa shape index (κ3) is 2.41. The highest BCUT2D eigenvalue weighted by Gasteiger charge is 2.40. The first-order chi connectivity index (χ1) is 9.88. The van der Waals surface area contributed by atoms with Crippen molar-refractivity contribution in [1.29, 1.82) is 0 Å². The Morgan fingerprint density at radius 1 is 1.45 bits per heavy atom. The fraction of sp³-hybridized carbons (Fsp3) is 0.533. The molecule has 4 nitrogen and oxygen atoms in total. The van der Waals surface area contributed by atoms with Gasteiger partial charge in [-0.3, -0.25) is 4.90 Å². The van der Waals surface area contributed by atoms with Gasteiger partial charge in [0.25, 0.3) is 0 Å². The van der Waals surface area contributed by atoms with Crippen molar-refractivity contribution in [2.45, 2.75) is 31.6 Å². The maximum atomic E-state index is 6.24. The molecule has 20 heavy (non-hydrogen) atoms. The molecule has 3 atom stereocenters. The smallest absolute Gasteiger partial charge is 0.121 e. The number of rotatable bonds is 3. The topological polar surface area (TPSA) is 38.5 Å². The van der Waals surface area contributed by atoms with Crippen LogP contribution < -0.4 is 0 Å². The third-order valence-corrected chi connectivity index (χ3v) is 5.22. The Hall–Kier alpha value is -1.17. The van der Waals surface area contributed by atoms with E-state index in [0.29, 0.717) is 12.0 Å². The number of piperidine rings is 1. The van der Waals surface area contributed by atoms with Crippen molar-refractivity contribution < 1.29 is 9.15 Å². The zero-order chi connectivity index (χ0) is 13.4. The highest BCUT2D eigenvalue weighted by Crippen LogP contribution is 2.41. The van der Waals surface area contributed by atoms with Crippen LogP contribution in [0.4, 0.5) is 0 Å². The summed E-state index contributed by atoms with van der Waals surface area (Å²) in [5.74, 6) is 0.699. The van der Waals surface area contributed by atoms with Crippen molar-refractivity contribution in [2.24, 2.45) is 5.92 Å². The van der Waals surface area contributed by atoms with E-state index in [0.717, 1.165) is 31.1 Å². The van der Waals surface area contributed by atoms with Crippen LogP contribution in [0, 0.1) is 5.92 Å². The van der Waals surface area contributed by atoms with Gasteiger partial charge in [0.2, 0.25) is 0 Å². The van der Waals surface area contributed by atoms with Crippen molar-refractivity contribution in [3.63, 3.8) is 0 Å². The largest absolute Gasteiger partial charge is 0.472 e. The van der Waals surface area contributed by atoms with E-state index >= 15 is 0 Å². The molecule has 0 aromatic carbocycles. The van der Waals surface area contributed by atoms with Gasteiger partial charge in [-0.15, -0.1) is 11.3 Å². The summed E-state index contributed by atoms with van der Waals surface area (Å²) in [6, 6.07) is 2.04. The second-order valence-electron chi connectivity index (χ2n) is 5.68. The highest BCUT2D eigenvalue weighted by atomic mass is 32.1. The number of aromatic nitrogens is 1. The lowest BCUT2D eigenvalue weighted by Crippen LogP contribution is -2.41. The number of nitrogens with zero attached hydrogens (tertiary/aromatic N) is 2. The lowest BCUT2D eigenvalue weighted by Gasteiger charge is -2.33. The summed E-state index contributed by atoms with van der Waals surface area (Å²) in [5.41, 5.74) is 1.25. The zero-order valence-corrected chi connectivity index (χ0v) is 12.1. The molecule has 2 aromatic rings. The van der Waals surface area contributed by atoms with E-state index in [2.05, 4.69) is 9.88 Å². The van der Waals surface area contributed by atoms with Crippen LogP contribution in [-0.4, -0.2) is 29.1 Å². The Kier molecular flexibility index (Phi) is 3.34. The SMILES string of the molecule is c1csc([C@H]2C[C@@H]3CCN(Cc4ccoc4)C[C@H]3O2)n1. The summed E-state index contributed by atoms with van der Waals surface area (Å²) in [7, 11) is 0. The molecule has 2 aliphatic rings. The molecule has 0 unspecified atom stereocenters. The van der Waals surface area contributed by atoms with E-state index in [4.69, 9.17) is 9.15 Å². The number of hydrogen-bond acceptors (Lipinski definition) is 5. The van der Waals surface area contributed by atoms with Gasteiger partial charge in [-0.25, -0.2) is 4.98 Å². The van der Waals surface area contributed by atoms with E-state index in [1.54, 1.807) is 17.6 Å². The van der Waals surface area contributed by atoms with E-state index in [9.17, 15) is 0 Å². The van der Waals surface area contributed by atoms with Crippen LogP contribution >= 0.6 is 11.3 Å². The van der Waals surface area contributed by atoms with Crippen molar-refractivity contribution in [3.8, 4) is 0 Å². The third-order valence-electron chi connectivity index (χ3n) is 4.35. The summed E-state index contributed by atoms with van der Waals surface area (Å²) in [6.07, 6.45) is 8.40. The van der Waals surface area contributed by atoms with Crippen LogP contribution in [0.15, 0.2) is 34.6 Å². The molecule has 0 N–H and O–H groups in total. The van der Waals surface area contributed by atoms with E-state index in [1.807, 2.05) is 23.9 Å². The molecule has 5 heteroatoms. The lowest BCUT2D eigenvalue weighted by molar-refractivity contribution is -0.00943. The predicted octanol–water partition coefficient (Wildman–Crippen LogP) is 3.09. The first kappa shape index (κ1) is 12.6. The molecule has 2 fully saturated rings. The van der Waals surface area contributed by atoms with Gasteiger partial charge >= 0.3 is 0 Å². The summed E-state index contributed by atoms with van der Waals surface area (Å²) >= 11 is 1.71. The van der Waals surface area contributed by atoms with Crippen LogP contribution in [0.2, 0.25) is 0 Å². The first-order valence-corrected chi connectivity index (χ1v) is 8.05. The van der Waals surface area contributed by atoms with Crippen LogP contribution in [0.3, 0.4) is 0 Å². The molecule has 2 aromatic heterocycles. The Bertz CT molecular complexity index is 540. The number of hydrogen-bond donors (Lipinski definition) is 0. The van der Waals surface area contributed by atoms with Gasteiger partial charge < -0.3 is 9.15 Å². The summed E-state index contributed by atoms with van der Waals surface area (Å²) in [4.78, 5) is 6.87. The maximum absolute atomic E-state index is 6.24. The molecule has 0 amide bonds. The normalized spacial score (nSPS) is 30.5. The number of likely N-dealkylation sites (tertiary alicyclic amines) is 1. The molecular formula is C15H18N2O2S. The molecule has 4 heterocycles. The molecule has 0 spiro atoms. The van der Waals surface area contributed by atoms with Crippen molar-refractivity contribution in [3.05, 3.63) is 40.7 Å². The van der Waals surface area contributed by atoms with E-state index in [-0.39, 0.29) is 6.10 Å². The quantitative estimate of drug-likeness (QED) is 0.870. The van der Waals surface area contributed by atoms with Crippen LogP contribution in [0.25, 0.3) is 0 Å². The minimum atomic E-state index is 0.221. The average Bonchev–Trinajstić information content (AvgIpc) is 3.19. The Balaban J connectivity index is 1.40. The number of fused-ring (bicyclic) bond motifs is 1. The summed E-state index contributed by atoms with van der Waals surface area (Å²) in [5, 5.41) is 3.17. The van der Waals surface area contributed by atoms with Crippen LogP contribution in [0.5, 0.6) is 0 Å². The van der Waals surface area contributed by atoms with Gasteiger partial charge in [0.05, 0.1) is 18.6 Å². The molecule has 2 saturated heterocycles. The van der Waals surface area contributed by atoms with Gasteiger partial charge in [-0.2, -0.15) is 0 Å². The molecule has 0 radical (unpaired) electrons. The van der Waals surface area contributed by atoms with Crippen LogP contribution in [0.1, 0.15) is 29.5 Å². The molecular weight excluding hydrogens is 272 g/mol. The van der Waals surface area contributed by atoms with Crippen molar-refractivity contribution in [1.82, 2.24) is 9.88 Å². The predicted molar refractivity (Wildman–Crippen MR) is 76.4 cm³/mol. The minimum absolute atomic E-state index is 0.221. The van der Waals surface area contributed by atoms with Gasteiger partial charge in [0, 0.05) is 30.2 Å². The molecule has 4 rings (SSSR count). The maximum Gasteiger partial charge on any atom is 0.121 e. The number of furan rings is 1. The highest BCUT2D eigenvalue weighted by molar-refractivity contribution is 7.09. The molecule has 106 valence electrons. The van der Waals surface area contributed by atoms with E-state index in [1.165, 1.54) is 12.0 Å². The van der Waals surface area contributed by atoms with Crippen molar-refractivity contribution >= 4 is 11.3 Å².